The lowest BCUT2D eigenvalue weighted by Crippen LogP contribution is -2.35. The normalized spacial score (nSPS) is 26.5. The van der Waals surface area contributed by atoms with Gasteiger partial charge >= 0.3 is 0 Å². The molecule has 15 heavy (non-hydrogen) atoms. The van der Waals surface area contributed by atoms with Gasteiger partial charge in [-0.2, -0.15) is 0 Å². The Morgan fingerprint density at radius 1 is 1.20 bits per heavy atom. The summed E-state index contributed by atoms with van der Waals surface area (Å²) in [6, 6.07) is 10.1. The molecule has 0 amide bonds. The van der Waals surface area contributed by atoms with E-state index in [9.17, 15) is 5.11 Å². The van der Waals surface area contributed by atoms with Crippen molar-refractivity contribution in [2.45, 2.75) is 18.8 Å². The highest BCUT2D eigenvalue weighted by Crippen LogP contribution is 2.31. The smallest absolute Gasteiger partial charge is 0.0945 e. The Labute approximate surface area is 97.8 Å². The van der Waals surface area contributed by atoms with E-state index in [-0.39, 0.29) is 12.2 Å². The largest absolute Gasteiger partial charge is 0.389 e. The zero-order valence-electron chi connectivity index (χ0n) is 8.33. The van der Waals surface area contributed by atoms with Crippen LogP contribution in [0.4, 0.5) is 0 Å². The van der Waals surface area contributed by atoms with Crippen LogP contribution in [0.2, 0.25) is 0 Å². The van der Waals surface area contributed by atoms with Gasteiger partial charge < -0.3 is 9.84 Å². The fourth-order valence-electron chi connectivity index (χ4n) is 1.39. The van der Waals surface area contributed by atoms with Gasteiger partial charge in [0.15, 0.2) is 0 Å². The third-order valence-electron chi connectivity index (χ3n) is 2.29. The molecule has 0 bridgehead atoms. The van der Waals surface area contributed by atoms with Gasteiger partial charge in [-0.15, -0.1) is 0 Å². The molecule has 0 unspecified atom stereocenters. The first-order chi connectivity index (χ1) is 7.36. The van der Waals surface area contributed by atoms with Gasteiger partial charge in [0.2, 0.25) is 0 Å². The highest BCUT2D eigenvalue weighted by Gasteiger charge is 2.24. The van der Waals surface area contributed by atoms with E-state index in [2.05, 4.69) is 0 Å². The molecule has 1 saturated heterocycles. The average Bonchev–Trinajstić information content (AvgIpc) is 2.29. The summed E-state index contributed by atoms with van der Waals surface area (Å²) >= 11 is 0. The first kappa shape index (κ1) is 11.3. The molecule has 4 heteroatoms. The summed E-state index contributed by atoms with van der Waals surface area (Å²) < 4.78 is 5.70. The molecule has 1 aromatic rings. The van der Waals surface area contributed by atoms with Crippen LogP contribution in [-0.4, -0.2) is 28.8 Å². The molecule has 0 saturated carbocycles. The lowest BCUT2D eigenvalue weighted by molar-refractivity contribution is -0.0225. The van der Waals surface area contributed by atoms with Gasteiger partial charge in [0.05, 0.1) is 18.8 Å². The van der Waals surface area contributed by atoms with E-state index in [1.807, 2.05) is 30.3 Å². The van der Waals surface area contributed by atoms with Gasteiger partial charge in [-0.05, 0) is 5.56 Å². The standard InChI is InChI=1S/C11H14O2S2/c12-10-7-14-15-8-11(10)13-6-9-4-2-1-3-5-9/h1-5,10-12H,6-8H2/t10-,11-/m0/s1. The second kappa shape index (κ2) is 5.80. The number of hydrogen-bond donors (Lipinski definition) is 1. The lowest BCUT2D eigenvalue weighted by atomic mass is 10.2. The second-order valence-electron chi connectivity index (χ2n) is 3.47. The van der Waals surface area contributed by atoms with Gasteiger partial charge in [0.25, 0.3) is 0 Å². The van der Waals surface area contributed by atoms with E-state index >= 15 is 0 Å². The summed E-state index contributed by atoms with van der Waals surface area (Å²) in [4.78, 5) is 0. The van der Waals surface area contributed by atoms with Crippen LogP contribution in [0.25, 0.3) is 0 Å². The van der Waals surface area contributed by atoms with Crippen molar-refractivity contribution in [3.63, 3.8) is 0 Å². The fourth-order valence-corrected chi connectivity index (χ4v) is 3.79. The van der Waals surface area contributed by atoms with Crippen LogP contribution in [0.3, 0.4) is 0 Å². The van der Waals surface area contributed by atoms with Gasteiger partial charge in [-0.3, -0.25) is 0 Å². The highest BCUT2D eigenvalue weighted by atomic mass is 33.1. The molecular weight excluding hydrogens is 228 g/mol. The third kappa shape index (κ3) is 3.41. The Kier molecular flexibility index (Phi) is 4.38. The van der Waals surface area contributed by atoms with Crippen molar-refractivity contribution >= 4 is 21.6 Å². The lowest BCUT2D eigenvalue weighted by Gasteiger charge is -2.26. The highest BCUT2D eigenvalue weighted by molar-refractivity contribution is 8.76. The van der Waals surface area contributed by atoms with Crippen LogP contribution in [-0.2, 0) is 11.3 Å². The van der Waals surface area contributed by atoms with Crippen LogP contribution in [0.15, 0.2) is 30.3 Å². The quantitative estimate of drug-likeness (QED) is 0.824. The molecule has 2 rings (SSSR count). The molecule has 0 spiro atoms. The van der Waals surface area contributed by atoms with Gasteiger partial charge in [0.1, 0.15) is 0 Å². The van der Waals surface area contributed by atoms with Crippen molar-refractivity contribution in [1.29, 1.82) is 0 Å². The van der Waals surface area contributed by atoms with E-state index in [1.54, 1.807) is 21.6 Å². The molecule has 0 aliphatic carbocycles. The molecule has 82 valence electrons. The summed E-state index contributed by atoms with van der Waals surface area (Å²) in [5.74, 6) is 1.64. The van der Waals surface area contributed by atoms with Crippen molar-refractivity contribution in [2.75, 3.05) is 11.5 Å². The minimum absolute atomic E-state index is 0.0172. The van der Waals surface area contributed by atoms with E-state index in [0.29, 0.717) is 6.61 Å². The van der Waals surface area contributed by atoms with Gasteiger partial charge in [-0.25, -0.2) is 0 Å². The zero-order chi connectivity index (χ0) is 10.5. The van der Waals surface area contributed by atoms with Crippen molar-refractivity contribution in [3.05, 3.63) is 35.9 Å². The molecule has 1 aliphatic heterocycles. The minimum Gasteiger partial charge on any atom is -0.389 e. The average molecular weight is 242 g/mol. The van der Waals surface area contributed by atoms with Crippen molar-refractivity contribution < 1.29 is 9.84 Å². The van der Waals surface area contributed by atoms with E-state index in [4.69, 9.17) is 4.74 Å². The molecule has 1 N–H and O–H groups in total. The first-order valence-corrected chi connectivity index (χ1v) is 7.43. The first-order valence-electron chi connectivity index (χ1n) is 4.94. The summed E-state index contributed by atoms with van der Waals surface area (Å²) in [6.45, 7) is 0.591. The molecule has 0 aromatic heterocycles. The predicted octanol–water partition coefficient (Wildman–Crippen LogP) is 2.33. The predicted molar refractivity (Wildman–Crippen MR) is 65.9 cm³/mol. The molecule has 0 radical (unpaired) electrons. The summed E-state index contributed by atoms with van der Waals surface area (Å²) in [7, 11) is 3.49. The van der Waals surface area contributed by atoms with Crippen LogP contribution >= 0.6 is 21.6 Å². The van der Waals surface area contributed by atoms with E-state index in [0.717, 1.165) is 17.1 Å². The molecule has 1 aliphatic rings. The Morgan fingerprint density at radius 2 is 1.93 bits per heavy atom. The fraction of sp³-hybridized carbons (Fsp3) is 0.455. The van der Waals surface area contributed by atoms with Crippen molar-refractivity contribution in [3.8, 4) is 0 Å². The second-order valence-corrected chi connectivity index (χ2v) is 6.02. The van der Waals surface area contributed by atoms with Crippen LogP contribution in [0.5, 0.6) is 0 Å². The van der Waals surface area contributed by atoms with Gasteiger partial charge in [0, 0.05) is 11.5 Å². The monoisotopic (exact) mass is 242 g/mol. The summed E-state index contributed by atoms with van der Waals surface area (Å²) in [6.07, 6.45) is -0.337. The third-order valence-corrected chi connectivity index (χ3v) is 4.72. The van der Waals surface area contributed by atoms with Gasteiger partial charge in [-0.1, -0.05) is 51.9 Å². The molecule has 2 nitrogen and oxygen atoms in total. The topological polar surface area (TPSA) is 29.5 Å². The maximum atomic E-state index is 9.69. The molecule has 1 aromatic carbocycles. The number of ether oxygens (including phenoxy) is 1. The number of aliphatic hydroxyl groups is 1. The van der Waals surface area contributed by atoms with E-state index < -0.39 is 0 Å². The van der Waals surface area contributed by atoms with Crippen molar-refractivity contribution in [2.24, 2.45) is 0 Å². The van der Waals surface area contributed by atoms with E-state index in [1.165, 1.54) is 0 Å². The molecule has 1 fully saturated rings. The molecular formula is C11H14O2S2. The SMILES string of the molecule is O[C@H]1CSSC[C@@H]1OCc1ccccc1. The maximum absolute atomic E-state index is 9.69. The maximum Gasteiger partial charge on any atom is 0.0945 e. The van der Waals surface area contributed by atoms with Crippen LogP contribution in [0, 0.1) is 0 Å². The Bertz CT molecular complexity index is 292. The van der Waals surface area contributed by atoms with Crippen molar-refractivity contribution in [1.82, 2.24) is 0 Å². The zero-order valence-corrected chi connectivity index (χ0v) is 9.97. The minimum atomic E-state index is -0.319. The Morgan fingerprint density at radius 3 is 2.67 bits per heavy atom. The Hall–Kier alpha value is -0.160. The summed E-state index contributed by atoms with van der Waals surface area (Å²) in [5, 5.41) is 9.69. The van der Waals surface area contributed by atoms with Crippen LogP contribution in [0.1, 0.15) is 5.56 Å². The number of benzene rings is 1. The molecule has 2 atom stereocenters. The molecule has 1 heterocycles. The Balaban J connectivity index is 1.82. The number of aliphatic hydroxyl groups excluding tert-OH is 1. The summed E-state index contributed by atoms with van der Waals surface area (Å²) in [5.41, 5.74) is 1.16. The number of rotatable bonds is 3. The number of hydrogen-bond acceptors (Lipinski definition) is 4. The van der Waals surface area contributed by atoms with Crippen LogP contribution < -0.4 is 0 Å².